The van der Waals surface area contributed by atoms with Gasteiger partial charge < -0.3 is 24.6 Å². The molecule has 3 N–H and O–H groups in total. The number of anilines is 1. The van der Waals surface area contributed by atoms with Crippen molar-refractivity contribution in [1.82, 2.24) is 0 Å². The van der Waals surface area contributed by atoms with E-state index in [-0.39, 0.29) is 12.7 Å². The lowest BCUT2D eigenvalue weighted by atomic mass is 10.2. The van der Waals surface area contributed by atoms with Gasteiger partial charge in [-0.05, 0) is 30.3 Å². The van der Waals surface area contributed by atoms with Crippen LogP contribution in [0.2, 0.25) is 0 Å². The fourth-order valence-electron chi connectivity index (χ4n) is 3.99. The number of carbonyl (C=O) groups excluding carboxylic acids is 1. The Morgan fingerprint density at radius 1 is 1.04 bits per heavy atom. The van der Waals surface area contributed by atoms with Crippen LogP contribution in [0.15, 0.2) is 42.5 Å². The van der Waals surface area contributed by atoms with Crippen LogP contribution < -0.4 is 24.6 Å². The summed E-state index contributed by atoms with van der Waals surface area (Å²) in [5, 5.41) is 3.01. The van der Waals surface area contributed by atoms with Crippen molar-refractivity contribution in [3.05, 3.63) is 53.6 Å². The number of ether oxygens (including phenoxy) is 2. The van der Waals surface area contributed by atoms with E-state index in [0.29, 0.717) is 6.54 Å². The van der Waals surface area contributed by atoms with Crippen LogP contribution in [0.5, 0.6) is 11.5 Å². The van der Waals surface area contributed by atoms with Crippen molar-refractivity contribution in [2.75, 3.05) is 38.8 Å². The molecule has 2 heterocycles. The Morgan fingerprint density at radius 2 is 1.75 bits per heavy atom. The summed E-state index contributed by atoms with van der Waals surface area (Å²) in [5.41, 5.74) is 3.32. The van der Waals surface area contributed by atoms with E-state index in [2.05, 4.69) is 17.4 Å². The number of quaternary nitrogens is 2. The smallest absolute Gasteiger partial charge is 0.279 e. The second-order valence-corrected chi connectivity index (χ2v) is 7.88. The topological polar surface area (TPSA) is 56.4 Å². The van der Waals surface area contributed by atoms with Crippen LogP contribution in [0.3, 0.4) is 0 Å². The monoisotopic (exact) mass is 383 g/mol. The van der Waals surface area contributed by atoms with Crippen molar-refractivity contribution in [1.29, 1.82) is 0 Å². The quantitative estimate of drug-likeness (QED) is 0.642. The molecular formula is C22H29N3O3+2. The van der Waals surface area contributed by atoms with Crippen molar-refractivity contribution in [2.24, 2.45) is 0 Å². The molecule has 1 fully saturated rings. The van der Waals surface area contributed by atoms with Gasteiger partial charge in [-0.3, -0.25) is 4.79 Å². The van der Waals surface area contributed by atoms with E-state index in [1.165, 1.54) is 31.5 Å². The molecule has 28 heavy (non-hydrogen) atoms. The predicted molar refractivity (Wildman–Crippen MR) is 107 cm³/mol. The van der Waals surface area contributed by atoms with Crippen LogP contribution in [0.4, 0.5) is 5.69 Å². The molecule has 4 rings (SSSR count). The normalized spacial score (nSPS) is 16.9. The van der Waals surface area contributed by atoms with Gasteiger partial charge in [-0.2, -0.15) is 0 Å². The first-order valence-corrected chi connectivity index (χ1v) is 10.1. The van der Waals surface area contributed by atoms with Crippen molar-refractivity contribution >= 4 is 11.6 Å². The van der Waals surface area contributed by atoms with Crippen LogP contribution in [0.25, 0.3) is 0 Å². The van der Waals surface area contributed by atoms with Crippen molar-refractivity contribution in [3.63, 3.8) is 0 Å². The maximum absolute atomic E-state index is 12.4. The summed E-state index contributed by atoms with van der Waals surface area (Å²) in [6.45, 7) is 5.07. The summed E-state index contributed by atoms with van der Waals surface area (Å²) >= 11 is 0. The highest BCUT2D eigenvalue weighted by Crippen LogP contribution is 2.32. The van der Waals surface area contributed by atoms with Gasteiger partial charge in [-0.15, -0.1) is 0 Å². The highest BCUT2D eigenvalue weighted by Gasteiger charge is 2.17. The first-order chi connectivity index (χ1) is 13.7. The van der Waals surface area contributed by atoms with Crippen molar-refractivity contribution in [2.45, 2.75) is 25.9 Å². The molecule has 6 heteroatoms. The van der Waals surface area contributed by atoms with Crippen molar-refractivity contribution < 1.29 is 24.1 Å². The van der Waals surface area contributed by atoms with Crippen LogP contribution in [-0.2, 0) is 17.9 Å². The molecule has 0 saturated carbocycles. The van der Waals surface area contributed by atoms with Gasteiger partial charge in [0, 0.05) is 29.7 Å². The second kappa shape index (κ2) is 8.63. The molecule has 2 aromatic carbocycles. The lowest BCUT2D eigenvalue weighted by molar-refractivity contribution is -0.901. The molecule has 2 aliphatic rings. The molecule has 2 aromatic rings. The van der Waals surface area contributed by atoms with E-state index in [4.69, 9.17) is 9.47 Å². The third-order valence-electron chi connectivity index (χ3n) is 5.41. The van der Waals surface area contributed by atoms with E-state index >= 15 is 0 Å². The zero-order valence-corrected chi connectivity index (χ0v) is 16.4. The Kier molecular flexibility index (Phi) is 5.78. The van der Waals surface area contributed by atoms with Gasteiger partial charge in [-0.1, -0.05) is 12.1 Å². The third-order valence-corrected chi connectivity index (χ3v) is 5.41. The highest BCUT2D eigenvalue weighted by molar-refractivity contribution is 5.91. The predicted octanol–water partition coefficient (Wildman–Crippen LogP) is 0.247. The van der Waals surface area contributed by atoms with Gasteiger partial charge in [0.15, 0.2) is 18.0 Å². The van der Waals surface area contributed by atoms with Crippen molar-refractivity contribution in [3.8, 4) is 11.5 Å². The SMILES string of the molecule is C[NH+](CC(=O)Nc1ccc(C[NH+]2CCCC2)cc1)Cc1ccc2c(c1)OCO2. The number of carbonyl (C=O) groups is 1. The third kappa shape index (κ3) is 4.82. The molecule has 0 aliphatic carbocycles. The Labute approximate surface area is 166 Å². The number of hydrogen-bond acceptors (Lipinski definition) is 3. The summed E-state index contributed by atoms with van der Waals surface area (Å²) in [4.78, 5) is 15.2. The Hall–Kier alpha value is -2.57. The maximum atomic E-state index is 12.4. The first-order valence-electron chi connectivity index (χ1n) is 10.1. The molecule has 0 spiro atoms. The Morgan fingerprint density at radius 3 is 2.54 bits per heavy atom. The molecule has 6 nitrogen and oxygen atoms in total. The number of likely N-dealkylation sites (N-methyl/N-ethyl adjacent to an activating group) is 1. The fraction of sp³-hybridized carbons (Fsp3) is 0.409. The maximum Gasteiger partial charge on any atom is 0.279 e. The molecule has 1 saturated heterocycles. The van der Waals surface area contributed by atoms with E-state index in [1.807, 2.05) is 37.4 Å². The molecule has 1 unspecified atom stereocenters. The van der Waals surface area contributed by atoms with Crippen LogP contribution in [-0.4, -0.2) is 39.4 Å². The van der Waals surface area contributed by atoms with Gasteiger partial charge in [0.1, 0.15) is 13.1 Å². The number of nitrogens with one attached hydrogen (secondary N) is 3. The molecule has 0 radical (unpaired) electrons. The molecule has 0 aromatic heterocycles. The lowest BCUT2D eigenvalue weighted by Gasteiger charge is -2.15. The van der Waals surface area contributed by atoms with Crippen LogP contribution in [0, 0.1) is 0 Å². The van der Waals surface area contributed by atoms with Gasteiger partial charge >= 0.3 is 0 Å². The molecule has 148 valence electrons. The summed E-state index contributed by atoms with van der Waals surface area (Å²) in [7, 11) is 2.02. The van der Waals surface area contributed by atoms with Crippen LogP contribution >= 0.6 is 0 Å². The van der Waals surface area contributed by atoms with E-state index in [9.17, 15) is 4.79 Å². The minimum Gasteiger partial charge on any atom is -0.454 e. The van der Waals surface area contributed by atoms with E-state index < -0.39 is 0 Å². The molecule has 1 amide bonds. The number of hydrogen-bond donors (Lipinski definition) is 3. The zero-order chi connectivity index (χ0) is 19.3. The Bertz CT molecular complexity index is 816. The zero-order valence-electron chi connectivity index (χ0n) is 16.4. The summed E-state index contributed by atoms with van der Waals surface area (Å²) in [6, 6.07) is 14.2. The van der Waals surface area contributed by atoms with Gasteiger partial charge in [0.05, 0.1) is 20.1 Å². The standard InChI is InChI=1S/C22H27N3O3/c1-24(13-18-6-9-20-21(12-18)28-16-27-20)15-22(26)23-19-7-4-17(5-8-19)14-25-10-2-3-11-25/h4-9,12H,2-3,10-11,13-16H2,1H3,(H,23,26)/p+2. The number of rotatable bonds is 7. The molecule has 1 atom stereocenters. The average molecular weight is 383 g/mol. The molecular weight excluding hydrogens is 354 g/mol. The van der Waals surface area contributed by atoms with Crippen LogP contribution in [0.1, 0.15) is 24.0 Å². The van der Waals surface area contributed by atoms with E-state index in [0.717, 1.165) is 40.7 Å². The van der Waals surface area contributed by atoms with Gasteiger partial charge in [0.2, 0.25) is 6.79 Å². The minimum atomic E-state index is 0.0242. The highest BCUT2D eigenvalue weighted by atomic mass is 16.7. The van der Waals surface area contributed by atoms with Gasteiger partial charge in [0.25, 0.3) is 5.91 Å². The average Bonchev–Trinajstić information content (AvgIpc) is 3.34. The largest absolute Gasteiger partial charge is 0.454 e. The summed E-state index contributed by atoms with van der Waals surface area (Å²) in [5.74, 6) is 1.59. The van der Waals surface area contributed by atoms with Gasteiger partial charge in [-0.25, -0.2) is 0 Å². The first kappa shape index (κ1) is 18.8. The number of benzene rings is 2. The number of likely N-dealkylation sites (tertiary alicyclic amines) is 1. The molecule has 0 bridgehead atoms. The minimum absolute atomic E-state index is 0.0242. The molecule has 2 aliphatic heterocycles. The Balaban J connectivity index is 1.25. The second-order valence-electron chi connectivity index (χ2n) is 7.88. The summed E-state index contributed by atoms with van der Waals surface area (Å²) < 4.78 is 10.8. The number of fused-ring (bicyclic) bond motifs is 1. The summed E-state index contributed by atoms with van der Waals surface area (Å²) in [6.07, 6.45) is 2.68. The lowest BCUT2D eigenvalue weighted by Crippen LogP contribution is -3.08. The number of amides is 1. The fourth-order valence-corrected chi connectivity index (χ4v) is 3.99. The van der Waals surface area contributed by atoms with E-state index in [1.54, 1.807) is 4.90 Å².